The molecule has 174 valence electrons. The van der Waals surface area contributed by atoms with E-state index in [1.807, 2.05) is 12.1 Å². The maximum absolute atomic E-state index is 6.81. The first kappa shape index (κ1) is 21.7. The largest absolute Gasteiger partial charge is 0.497 e. The molecule has 0 bridgehead atoms. The Morgan fingerprint density at radius 3 is 2.65 bits per heavy atom. The van der Waals surface area contributed by atoms with E-state index in [2.05, 4.69) is 98.0 Å². The zero-order valence-electron chi connectivity index (χ0n) is 19.2. The quantitative estimate of drug-likeness (QED) is 0.477. The number of likely N-dealkylation sites (tertiary alicyclic amines) is 1. The average Bonchev–Trinajstić information content (AvgIpc) is 3.34. The van der Waals surface area contributed by atoms with E-state index in [1.165, 1.54) is 11.1 Å². The van der Waals surface area contributed by atoms with Crippen molar-refractivity contribution in [3.8, 4) is 11.5 Å². The molecule has 1 saturated heterocycles. The third-order valence-electron chi connectivity index (χ3n) is 7.14. The molecule has 0 aliphatic carbocycles. The number of rotatable bonds is 4. The summed E-state index contributed by atoms with van der Waals surface area (Å²) in [5, 5.41) is 2.34. The van der Waals surface area contributed by atoms with Crippen molar-refractivity contribution in [1.82, 2.24) is 15.3 Å². The van der Waals surface area contributed by atoms with Gasteiger partial charge in [-0.15, -0.1) is 0 Å². The predicted molar refractivity (Wildman–Crippen MR) is 137 cm³/mol. The number of fused-ring (bicyclic) bond motifs is 4. The van der Waals surface area contributed by atoms with Crippen molar-refractivity contribution >= 4 is 21.6 Å². The summed E-state index contributed by atoms with van der Waals surface area (Å²) < 4.78 is 13.3. The number of halogens is 1. The number of nitrogens with one attached hydrogen (secondary N) is 1. The summed E-state index contributed by atoms with van der Waals surface area (Å²) in [6.07, 6.45) is 4.18. The van der Waals surface area contributed by atoms with Crippen molar-refractivity contribution in [2.45, 2.75) is 31.2 Å². The van der Waals surface area contributed by atoms with Crippen LogP contribution in [0.2, 0.25) is 0 Å². The van der Waals surface area contributed by atoms with Gasteiger partial charge in [0.1, 0.15) is 11.5 Å². The molecule has 0 saturated carbocycles. The Bertz CT molecular complexity index is 1220. The summed E-state index contributed by atoms with van der Waals surface area (Å²) in [6.45, 7) is 2.95. The molecule has 3 aromatic rings. The van der Waals surface area contributed by atoms with Gasteiger partial charge < -0.3 is 14.9 Å². The van der Waals surface area contributed by atoms with Crippen LogP contribution in [0.5, 0.6) is 11.5 Å². The summed E-state index contributed by atoms with van der Waals surface area (Å²) in [7, 11) is 1.71. The van der Waals surface area contributed by atoms with Crippen LogP contribution >= 0.6 is 15.9 Å². The Kier molecular flexibility index (Phi) is 5.60. The molecule has 34 heavy (non-hydrogen) atoms. The molecular formula is C28H28BrN3O2. The van der Waals surface area contributed by atoms with Crippen molar-refractivity contribution in [1.29, 1.82) is 0 Å². The second-order valence-electron chi connectivity index (χ2n) is 9.23. The lowest BCUT2D eigenvalue weighted by atomic mass is 9.92. The van der Waals surface area contributed by atoms with E-state index in [0.717, 1.165) is 59.7 Å². The molecule has 0 aromatic heterocycles. The number of hydrogen-bond donors (Lipinski definition) is 1. The number of methoxy groups -OCH3 is 1. The summed E-state index contributed by atoms with van der Waals surface area (Å²) in [6, 6.07) is 25.4. The molecule has 3 aliphatic rings. The first-order valence-electron chi connectivity index (χ1n) is 11.8. The van der Waals surface area contributed by atoms with Crippen LogP contribution in [0.4, 0.5) is 0 Å². The number of benzene rings is 3. The molecule has 1 atom stereocenters. The summed E-state index contributed by atoms with van der Waals surface area (Å²) in [5.41, 5.74) is 8.07. The third kappa shape index (κ3) is 3.90. The van der Waals surface area contributed by atoms with Crippen molar-refractivity contribution in [3.05, 3.63) is 100 Å². The number of nitrogens with zero attached hydrogens (tertiary/aromatic N) is 2. The topological polar surface area (TPSA) is 37.0 Å². The van der Waals surface area contributed by atoms with Gasteiger partial charge in [-0.1, -0.05) is 58.4 Å². The van der Waals surface area contributed by atoms with Crippen LogP contribution in [-0.4, -0.2) is 35.8 Å². The molecule has 1 unspecified atom stereocenters. The van der Waals surface area contributed by atoms with Crippen LogP contribution in [-0.2, 0) is 6.54 Å². The Hall–Kier alpha value is -2.80. The highest BCUT2D eigenvalue weighted by Gasteiger charge is 2.51. The van der Waals surface area contributed by atoms with E-state index < -0.39 is 5.72 Å². The maximum atomic E-state index is 6.81. The summed E-state index contributed by atoms with van der Waals surface area (Å²) in [4.78, 5) is 2.53. The summed E-state index contributed by atoms with van der Waals surface area (Å²) in [5.74, 6) is 1.83. The molecule has 1 fully saturated rings. The fraction of sp³-hybridized carbons (Fsp3) is 0.286. The number of ether oxygens (including phenoxy) is 2. The van der Waals surface area contributed by atoms with Gasteiger partial charge in [0.15, 0.2) is 5.72 Å². The Morgan fingerprint density at radius 1 is 1.03 bits per heavy atom. The van der Waals surface area contributed by atoms with Gasteiger partial charge in [-0.2, -0.15) is 5.01 Å². The SMILES string of the molecule is COc1cccc(C2=CC3c4cc(Br)ccc4OC4(CCN(Cc5ccccc5)CC4)N3N2)c1. The highest BCUT2D eigenvalue weighted by molar-refractivity contribution is 9.10. The fourth-order valence-electron chi connectivity index (χ4n) is 5.35. The van der Waals surface area contributed by atoms with E-state index >= 15 is 0 Å². The Balaban J connectivity index is 1.30. The highest BCUT2D eigenvalue weighted by Crippen LogP contribution is 2.49. The third-order valence-corrected chi connectivity index (χ3v) is 7.63. The molecule has 3 aliphatic heterocycles. The number of hydrazine groups is 1. The first-order chi connectivity index (χ1) is 16.6. The van der Waals surface area contributed by atoms with Crippen molar-refractivity contribution < 1.29 is 9.47 Å². The van der Waals surface area contributed by atoms with Gasteiger partial charge >= 0.3 is 0 Å². The second-order valence-corrected chi connectivity index (χ2v) is 10.1. The van der Waals surface area contributed by atoms with Crippen LogP contribution in [0.3, 0.4) is 0 Å². The molecule has 0 radical (unpaired) electrons. The molecule has 3 heterocycles. The van der Waals surface area contributed by atoms with E-state index in [4.69, 9.17) is 9.47 Å². The lowest BCUT2D eigenvalue weighted by molar-refractivity contribution is -0.160. The normalized spacial score (nSPS) is 21.2. The van der Waals surface area contributed by atoms with Gasteiger partial charge in [-0.05, 0) is 42.0 Å². The van der Waals surface area contributed by atoms with Crippen LogP contribution in [0.15, 0.2) is 83.3 Å². The minimum Gasteiger partial charge on any atom is -0.497 e. The number of piperidine rings is 1. The van der Waals surface area contributed by atoms with Gasteiger partial charge in [0, 0.05) is 48.1 Å². The lowest BCUT2D eigenvalue weighted by Crippen LogP contribution is -2.63. The van der Waals surface area contributed by atoms with Gasteiger partial charge in [-0.25, -0.2) is 0 Å². The summed E-state index contributed by atoms with van der Waals surface area (Å²) >= 11 is 3.65. The molecule has 3 aromatic carbocycles. The van der Waals surface area contributed by atoms with Crippen LogP contribution < -0.4 is 14.9 Å². The lowest BCUT2D eigenvalue weighted by Gasteiger charge is -2.51. The predicted octanol–water partition coefficient (Wildman–Crippen LogP) is 5.74. The van der Waals surface area contributed by atoms with E-state index in [1.54, 1.807) is 7.11 Å². The van der Waals surface area contributed by atoms with Gasteiger partial charge in [-0.3, -0.25) is 4.90 Å². The van der Waals surface area contributed by atoms with Crippen molar-refractivity contribution in [2.24, 2.45) is 0 Å². The minimum absolute atomic E-state index is 0.100. The molecule has 5 nitrogen and oxygen atoms in total. The molecular weight excluding hydrogens is 490 g/mol. The van der Waals surface area contributed by atoms with Gasteiger partial charge in [0.05, 0.1) is 18.8 Å². The van der Waals surface area contributed by atoms with E-state index in [-0.39, 0.29) is 6.04 Å². The highest BCUT2D eigenvalue weighted by atomic mass is 79.9. The molecule has 1 N–H and O–H groups in total. The van der Waals surface area contributed by atoms with Crippen molar-refractivity contribution in [3.63, 3.8) is 0 Å². The number of hydrogen-bond acceptors (Lipinski definition) is 5. The second kappa shape index (κ2) is 8.77. The maximum Gasteiger partial charge on any atom is 0.182 e. The molecule has 0 amide bonds. The van der Waals surface area contributed by atoms with Crippen LogP contribution in [0.1, 0.15) is 35.6 Å². The minimum atomic E-state index is -0.393. The average molecular weight is 518 g/mol. The first-order valence-corrected chi connectivity index (χ1v) is 12.6. The van der Waals surface area contributed by atoms with Gasteiger partial charge in [0.2, 0.25) is 0 Å². The zero-order valence-corrected chi connectivity index (χ0v) is 20.8. The Labute approximate surface area is 209 Å². The smallest absolute Gasteiger partial charge is 0.182 e. The Morgan fingerprint density at radius 2 is 1.85 bits per heavy atom. The van der Waals surface area contributed by atoms with Crippen LogP contribution in [0, 0.1) is 0 Å². The van der Waals surface area contributed by atoms with Crippen molar-refractivity contribution in [2.75, 3.05) is 20.2 Å². The van der Waals surface area contributed by atoms with Crippen LogP contribution in [0.25, 0.3) is 5.70 Å². The van der Waals surface area contributed by atoms with E-state index in [0.29, 0.717) is 0 Å². The molecule has 6 heteroatoms. The molecule has 1 spiro atoms. The standard InChI is InChI=1S/C28H28BrN3O2/c1-33-23-9-5-8-21(16-23)25-18-26-24-17-22(29)10-11-27(24)34-28(32(26)30-25)12-14-31(15-13-28)19-20-6-3-2-4-7-20/h2-11,16-18,26,30H,12-15,19H2,1H3. The molecule has 6 rings (SSSR count). The van der Waals surface area contributed by atoms with E-state index in [9.17, 15) is 0 Å². The fourth-order valence-corrected chi connectivity index (χ4v) is 5.73. The monoisotopic (exact) mass is 517 g/mol. The van der Waals surface area contributed by atoms with Gasteiger partial charge in [0.25, 0.3) is 0 Å². The zero-order chi connectivity index (χ0) is 23.1.